The second-order valence-electron chi connectivity index (χ2n) is 6.01. The maximum Gasteiger partial charge on any atom is 0.237 e. The molecule has 1 aromatic carbocycles. The molecule has 0 N–H and O–H groups in total. The normalized spacial score (nSPS) is 14.3. The smallest absolute Gasteiger partial charge is 0.237 e. The van der Waals surface area contributed by atoms with Crippen molar-refractivity contribution in [2.24, 2.45) is 0 Å². The van der Waals surface area contributed by atoms with Crippen LogP contribution in [-0.2, 0) is 12.2 Å². The lowest BCUT2D eigenvalue weighted by atomic mass is 10.3. The van der Waals surface area contributed by atoms with Gasteiger partial charge in [-0.1, -0.05) is 47.6 Å². The minimum Gasteiger partial charge on any atom is -0.341 e. The molecular formula is C17H19ClN6OS. The van der Waals surface area contributed by atoms with Gasteiger partial charge in [-0.2, -0.15) is 4.98 Å². The average Bonchev–Trinajstić information content (AvgIpc) is 3.40. The van der Waals surface area contributed by atoms with Crippen molar-refractivity contribution in [1.82, 2.24) is 24.9 Å². The van der Waals surface area contributed by atoms with E-state index in [-0.39, 0.29) is 0 Å². The molecule has 1 fully saturated rings. The lowest BCUT2D eigenvalue weighted by Crippen LogP contribution is -2.22. The fourth-order valence-corrected chi connectivity index (χ4v) is 3.94. The van der Waals surface area contributed by atoms with Crippen molar-refractivity contribution in [2.75, 3.05) is 18.0 Å². The van der Waals surface area contributed by atoms with Gasteiger partial charge in [0.05, 0.1) is 16.5 Å². The van der Waals surface area contributed by atoms with E-state index < -0.39 is 0 Å². The third-order valence-corrected chi connectivity index (χ3v) is 5.48. The number of hydrogen-bond donors (Lipinski definition) is 0. The molecule has 3 heterocycles. The molecule has 0 unspecified atom stereocenters. The van der Waals surface area contributed by atoms with Gasteiger partial charge in [0.15, 0.2) is 11.0 Å². The van der Waals surface area contributed by atoms with E-state index in [0.29, 0.717) is 22.5 Å². The summed E-state index contributed by atoms with van der Waals surface area (Å²) in [6, 6.07) is 7.75. The van der Waals surface area contributed by atoms with E-state index in [1.165, 1.54) is 24.6 Å². The number of aromatic nitrogens is 5. The fourth-order valence-electron chi connectivity index (χ4n) is 2.94. The van der Waals surface area contributed by atoms with Crippen LogP contribution in [0.25, 0.3) is 5.69 Å². The Morgan fingerprint density at radius 3 is 2.73 bits per heavy atom. The van der Waals surface area contributed by atoms with Crippen molar-refractivity contribution in [2.45, 2.75) is 37.1 Å². The second-order valence-corrected chi connectivity index (χ2v) is 7.36. The number of halogens is 1. The zero-order chi connectivity index (χ0) is 17.9. The molecule has 1 saturated heterocycles. The highest BCUT2D eigenvalue weighted by Gasteiger charge is 2.23. The minimum absolute atomic E-state index is 0.537. The van der Waals surface area contributed by atoms with Crippen LogP contribution in [0.3, 0.4) is 0 Å². The first-order valence-corrected chi connectivity index (χ1v) is 10.0. The number of aryl methyl sites for hydroxylation is 1. The number of thioether (sulfide) groups is 1. The van der Waals surface area contributed by atoms with Crippen LogP contribution in [0.4, 0.5) is 5.95 Å². The Bertz CT molecular complexity index is 889. The van der Waals surface area contributed by atoms with E-state index in [0.717, 1.165) is 36.3 Å². The Morgan fingerprint density at radius 1 is 1.19 bits per heavy atom. The summed E-state index contributed by atoms with van der Waals surface area (Å²) in [4.78, 5) is 6.61. The minimum atomic E-state index is 0.537. The zero-order valence-electron chi connectivity index (χ0n) is 14.4. The molecule has 9 heteroatoms. The van der Waals surface area contributed by atoms with E-state index >= 15 is 0 Å². The number of anilines is 1. The van der Waals surface area contributed by atoms with Crippen LogP contribution in [0, 0.1) is 0 Å². The maximum atomic E-state index is 6.46. The van der Waals surface area contributed by atoms with Crippen LogP contribution in [0.5, 0.6) is 0 Å². The maximum absolute atomic E-state index is 6.46. The Kier molecular flexibility index (Phi) is 5.12. The van der Waals surface area contributed by atoms with Crippen molar-refractivity contribution in [3.05, 3.63) is 41.0 Å². The van der Waals surface area contributed by atoms with Gasteiger partial charge < -0.3 is 9.42 Å². The summed E-state index contributed by atoms with van der Waals surface area (Å²) in [5.74, 6) is 2.67. The Morgan fingerprint density at radius 2 is 2.00 bits per heavy atom. The van der Waals surface area contributed by atoms with Crippen molar-refractivity contribution >= 4 is 29.3 Å². The van der Waals surface area contributed by atoms with E-state index in [1.807, 2.05) is 35.8 Å². The number of para-hydroxylation sites is 1. The summed E-state index contributed by atoms with van der Waals surface area (Å²) in [5.41, 5.74) is 0.878. The second kappa shape index (κ2) is 7.67. The van der Waals surface area contributed by atoms with Gasteiger partial charge in [-0.05, 0) is 25.0 Å². The van der Waals surface area contributed by atoms with Gasteiger partial charge in [0.2, 0.25) is 11.8 Å². The average molecular weight is 391 g/mol. The Labute approximate surface area is 160 Å². The summed E-state index contributed by atoms with van der Waals surface area (Å²) in [7, 11) is 0. The Balaban J connectivity index is 1.66. The molecule has 136 valence electrons. The molecule has 0 spiro atoms. The lowest BCUT2D eigenvalue weighted by molar-refractivity contribution is 0.385. The first-order chi connectivity index (χ1) is 12.8. The van der Waals surface area contributed by atoms with Gasteiger partial charge >= 0.3 is 0 Å². The molecule has 0 atom stereocenters. The van der Waals surface area contributed by atoms with Gasteiger partial charge in [0, 0.05) is 19.5 Å². The summed E-state index contributed by atoms with van der Waals surface area (Å²) >= 11 is 7.98. The predicted molar refractivity (Wildman–Crippen MR) is 101 cm³/mol. The molecule has 1 aliphatic heterocycles. The molecule has 1 aliphatic rings. The topological polar surface area (TPSA) is 72.9 Å². The zero-order valence-corrected chi connectivity index (χ0v) is 16.0. The number of nitrogens with zero attached hydrogens (tertiary/aromatic N) is 6. The molecule has 0 aliphatic carbocycles. The lowest BCUT2D eigenvalue weighted by Gasteiger charge is -2.18. The van der Waals surface area contributed by atoms with E-state index in [2.05, 4.69) is 25.2 Å². The van der Waals surface area contributed by atoms with Gasteiger partial charge in [0.25, 0.3) is 0 Å². The summed E-state index contributed by atoms with van der Waals surface area (Å²) in [6.07, 6.45) is 3.09. The molecule has 7 nitrogen and oxygen atoms in total. The highest BCUT2D eigenvalue weighted by molar-refractivity contribution is 7.98. The van der Waals surface area contributed by atoms with Gasteiger partial charge in [-0.3, -0.25) is 4.57 Å². The highest BCUT2D eigenvalue weighted by Crippen LogP contribution is 2.32. The van der Waals surface area contributed by atoms with Crippen LogP contribution in [0.15, 0.2) is 33.9 Å². The molecule has 2 aromatic heterocycles. The number of rotatable bonds is 6. The van der Waals surface area contributed by atoms with Crippen molar-refractivity contribution in [3.8, 4) is 5.69 Å². The quantitative estimate of drug-likeness (QED) is 0.593. The van der Waals surface area contributed by atoms with Crippen LogP contribution in [-0.4, -0.2) is 38.0 Å². The third kappa shape index (κ3) is 3.43. The van der Waals surface area contributed by atoms with Crippen LogP contribution in [0.1, 0.15) is 31.5 Å². The summed E-state index contributed by atoms with van der Waals surface area (Å²) in [6.45, 7) is 3.96. The standard InChI is InChI=1S/C17H19ClN6OS/c1-2-14-19-15(25-22-14)11-26-17-21-20-16(23-9-5-6-10-23)24(17)13-8-4-3-7-12(13)18/h3-4,7-8H,2,5-6,9-11H2,1H3. The molecule has 0 bridgehead atoms. The third-order valence-electron chi connectivity index (χ3n) is 4.25. The fraction of sp³-hybridized carbons (Fsp3) is 0.412. The van der Waals surface area contributed by atoms with Crippen molar-refractivity contribution < 1.29 is 4.52 Å². The molecule has 4 rings (SSSR count). The first kappa shape index (κ1) is 17.4. The number of benzene rings is 1. The SMILES string of the molecule is CCc1noc(CSc2nnc(N3CCCC3)n2-c2ccccc2Cl)n1. The first-order valence-electron chi connectivity index (χ1n) is 8.65. The predicted octanol–water partition coefficient (Wildman–Crippen LogP) is 3.76. The molecule has 26 heavy (non-hydrogen) atoms. The molecule has 0 saturated carbocycles. The van der Waals surface area contributed by atoms with E-state index in [1.54, 1.807) is 0 Å². The van der Waals surface area contributed by atoms with Crippen LogP contribution in [0.2, 0.25) is 5.02 Å². The van der Waals surface area contributed by atoms with Gasteiger partial charge in [0.1, 0.15) is 0 Å². The van der Waals surface area contributed by atoms with Gasteiger partial charge in [-0.15, -0.1) is 10.2 Å². The molecule has 0 amide bonds. The molecular weight excluding hydrogens is 372 g/mol. The van der Waals surface area contributed by atoms with Crippen LogP contribution >= 0.6 is 23.4 Å². The van der Waals surface area contributed by atoms with Crippen LogP contribution < -0.4 is 4.90 Å². The Hall–Kier alpha value is -2.06. The van der Waals surface area contributed by atoms with Gasteiger partial charge in [-0.25, -0.2) is 0 Å². The molecule has 3 aromatic rings. The largest absolute Gasteiger partial charge is 0.341 e. The van der Waals surface area contributed by atoms with Crippen molar-refractivity contribution in [3.63, 3.8) is 0 Å². The highest BCUT2D eigenvalue weighted by atomic mass is 35.5. The van der Waals surface area contributed by atoms with Crippen molar-refractivity contribution in [1.29, 1.82) is 0 Å². The van der Waals surface area contributed by atoms with E-state index in [4.69, 9.17) is 16.1 Å². The van der Waals surface area contributed by atoms with E-state index in [9.17, 15) is 0 Å². The summed E-state index contributed by atoms with van der Waals surface area (Å²) < 4.78 is 7.30. The monoisotopic (exact) mass is 390 g/mol. The molecule has 0 radical (unpaired) electrons. The number of hydrogen-bond acceptors (Lipinski definition) is 7. The summed E-state index contributed by atoms with van der Waals surface area (Å²) in [5, 5.41) is 14.2.